The van der Waals surface area contributed by atoms with Crippen molar-refractivity contribution < 1.29 is 24.1 Å². The molecule has 1 aromatic carbocycles. The molecule has 0 aliphatic rings. The van der Waals surface area contributed by atoms with Crippen LogP contribution in [0.2, 0.25) is 0 Å². The Morgan fingerprint density at radius 2 is 2.21 bits per heavy atom. The maximum absolute atomic E-state index is 13.2. The molecule has 0 unspecified atom stereocenters. The summed E-state index contributed by atoms with van der Waals surface area (Å²) in [6.07, 6.45) is 0. The largest absolute Gasteiger partial charge is 0.502 e. The molecule has 0 amide bonds. The number of hydrogen-bond donors (Lipinski definition) is 2. The number of carboxylic acids is 1. The highest BCUT2D eigenvalue weighted by Gasteiger charge is 2.21. The fourth-order valence-corrected chi connectivity index (χ4v) is 1.49. The summed E-state index contributed by atoms with van der Waals surface area (Å²) in [5.74, 6) is -3.62. The summed E-state index contributed by atoms with van der Waals surface area (Å²) in [6, 6.07) is 1.18. The van der Waals surface area contributed by atoms with Gasteiger partial charge in [0, 0.05) is 4.47 Å². The number of methoxy groups -OCH3 is 1. The quantitative estimate of drug-likeness (QED) is 0.858. The van der Waals surface area contributed by atoms with E-state index in [1.54, 1.807) is 0 Å². The van der Waals surface area contributed by atoms with Crippen LogP contribution >= 0.6 is 15.9 Å². The smallest absolute Gasteiger partial charge is 0.340 e. The number of halogens is 2. The van der Waals surface area contributed by atoms with Gasteiger partial charge in [0.2, 0.25) is 0 Å². The molecule has 76 valence electrons. The molecule has 0 fully saturated rings. The van der Waals surface area contributed by atoms with Gasteiger partial charge in [-0.3, -0.25) is 0 Å². The Balaban J connectivity index is 3.49. The van der Waals surface area contributed by atoms with Gasteiger partial charge in [-0.2, -0.15) is 0 Å². The molecular weight excluding hydrogens is 259 g/mol. The highest BCUT2D eigenvalue weighted by atomic mass is 79.9. The number of ether oxygens (including phenoxy) is 1. The van der Waals surface area contributed by atoms with Gasteiger partial charge in [0.05, 0.1) is 7.11 Å². The predicted octanol–water partition coefficient (Wildman–Crippen LogP) is 2.00. The van der Waals surface area contributed by atoms with Crippen molar-refractivity contribution in [3.63, 3.8) is 0 Å². The fourth-order valence-electron chi connectivity index (χ4n) is 0.939. The Morgan fingerprint density at radius 1 is 1.64 bits per heavy atom. The second-order valence-electron chi connectivity index (χ2n) is 2.40. The summed E-state index contributed by atoms with van der Waals surface area (Å²) in [5.41, 5.74) is -0.622. The average Bonchev–Trinajstić information content (AvgIpc) is 2.10. The number of benzene rings is 1. The molecule has 14 heavy (non-hydrogen) atoms. The Hall–Kier alpha value is -1.30. The maximum Gasteiger partial charge on any atom is 0.340 e. The normalized spacial score (nSPS) is 9.93. The first-order chi connectivity index (χ1) is 6.49. The minimum absolute atomic E-state index is 0.0113. The van der Waals surface area contributed by atoms with Gasteiger partial charge in [-0.1, -0.05) is 0 Å². The van der Waals surface area contributed by atoms with E-state index in [0.29, 0.717) is 0 Å². The van der Waals surface area contributed by atoms with Crippen LogP contribution in [-0.2, 0) is 0 Å². The molecule has 0 aliphatic heterocycles. The van der Waals surface area contributed by atoms with Crippen molar-refractivity contribution in [2.24, 2.45) is 0 Å². The molecule has 0 radical (unpaired) electrons. The number of aromatic hydroxyl groups is 1. The van der Waals surface area contributed by atoms with Crippen molar-refractivity contribution in [3.05, 3.63) is 21.9 Å². The number of hydrogen-bond acceptors (Lipinski definition) is 3. The van der Waals surface area contributed by atoms with Crippen molar-refractivity contribution in [3.8, 4) is 11.5 Å². The second kappa shape index (κ2) is 3.83. The van der Waals surface area contributed by atoms with Gasteiger partial charge in [0.15, 0.2) is 17.3 Å². The molecule has 0 aromatic heterocycles. The van der Waals surface area contributed by atoms with E-state index in [2.05, 4.69) is 20.7 Å². The number of rotatable bonds is 2. The van der Waals surface area contributed by atoms with Crippen molar-refractivity contribution in [2.75, 3.05) is 7.11 Å². The minimum Gasteiger partial charge on any atom is -0.502 e. The summed E-state index contributed by atoms with van der Waals surface area (Å²) in [7, 11) is 1.24. The van der Waals surface area contributed by atoms with Gasteiger partial charge in [-0.05, 0) is 22.0 Å². The molecule has 0 spiro atoms. The third kappa shape index (κ3) is 1.65. The average molecular weight is 265 g/mol. The lowest BCUT2D eigenvalue weighted by atomic mass is 10.2. The van der Waals surface area contributed by atoms with Crippen LogP contribution in [0.1, 0.15) is 10.4 Å². The number of phenolic OH excluding ortho intramolecular Hbond substituents is 1. The highest BCUT2D eigenvalue weighted by Crippen LogP contribution is 2.35. The lowest BCUT2D eigenvalue weighted by Gasteiger charge is -2.07. The van der Waals surface area contributed by atoms with Crippen molar-refractivity contribution in [2.45, 2.75) is 0 Å². The molecular formula is C8H6BrFO4. The molecule has 0 aliphatic carbocycles. The number of carbonyl (C=O) groups is 1. The summed E-state index contributed by atoms with van der Waals surface area (Å²) >= 11 is 2.86. The summed E-state index contributed by atoms with van der Waals surface area (Å²) < 4.78 is 17.9. The number of carboxylic acid groups (broad SMARTS) is 1. The SMILES string of the molecule is COc1cc(Br)c(C(=O)O)c(F)c1O. The standard InChI is InChI=1S/C8H6BrFO4/c1-14-4-2-3(9)5(8(12)13)6(10)7(4)11/h2,11H,1H3,(H,12,13). The van der Waals surface area contributed by atoms with Crippen molar-refractivity contribution >= 4 is 21.9 Å². The van der Waals surface area contributed by atoms with E-state index in [9.17, 15) is 9.18 Å². The molecule has 0 atom stereocenters. The van der Waals surface area contributed by atoms with Gasteiger partial charge in [-0.25, -0.2) is 9.18 Å². The van der Waals surface area contributed by atoms with Crippen LogP contribution in [0.4, 0.5) is 4.39 Å². The van der Waals surface area contributed by atoms with Crippen LogP contribution in [0, 0.1) is 5.82 Å². The molecule has 4 nitrogen and oxygen atoms in total. The van der Waals surface area contributed by atoms with Crippen LogP contribution in [-0.4, -0.2) is 23.3 Å². The zero-order chi connectivity index (χ0) is 10.9. The highest BCUT2D eigenvalue weighted by molar-refractivity contribution is 9.10. The van der Waals surface area contributed by atoms with Crippen molar-refractivity contribution in [1.82, 2.24) is 0 Å². The zero-order valence-electron chi connectivity index (χ0n) is 7.04. The predicted molar refractivity (Wildman–Crippen MR) is 49.3 cm³/mol. The van der Waals surface area contributed by atoms with E-state index in [1.807, 2.05) is 0 Å². The van der Waals surface area contributed by atoms with Crippen LogP contribution in [0.3, 0.4) is 0 Å². The summed E-state index contributed by atoms with van der Waals surface area (Å²) in [4.78, 5) is 10.6. The Kier molecular flexibility index (Phi) is 2.95. The topological polar surface area (TPSA) is 66.8 Å². The van der Waals surface area contributed by atoms with Gasteiger partial charge in [0.25, 0.3) is 0 Å². The van der Waals surface area contributed by atoms with E-state index in [4.69, 9.17) is 10.2 Å². The van der Waals surface area contributed by atoms with Crippen LogP contribution in [0.15, 0.2) is 10.5 Å². The third-order valence-corrected chi connectivity index (χ3v) is 2.22. The van der Waals surface area contributed by atoms with E-state index in [1.165, 1.54) is 13.2 Å². The van der Waals surface area contributed by atoms with E-state index >= 15 is 0 Å². The third-order valence-electron chi connectivity index (χ3n) is 1.59. The first-order valence-corrected chi connectivity index (χ1v) is 4.26. The van der Waals surface area contributed by atoms with E-state index < -0.39 is 23.1 Å². The van der Waals surface area contributed by atoms with E-state index in [0.717, 1.165) is 0 Å². The Bertz CT molecular complexity index is 391. The van der Waals surface area contributed by atoms with Crippen LogP contribution in [0.5, 0.6) is 11.5 Å². The van der Waals surface area contributed by atoms with Gasteiger partial charge < -0.3 is 14.9 Å². The molecule has 0 bridgehead atoms. The van der Waals surface area contributed by atoms with Gasteiger partial charge in [-0.15, -0.1) is 0 Å². The molecule has 2 N–H and O–H groups in total. The first-order valence-electron chi connectivity index (χ1n) is 3.47. The summed E-state index contributed by atoms with van der Waals surface area (Å²) in [6.45, 7) is 0. The zero-order valence-corrected chi connectivity index (χ0v) is 8.63. The molecule has 6 heteroatoms. The second-order valence-corrected chi connectivity index (χ2v) is 3.26. The number of aromatic carboxylic acids is 1. The Labute approximate surface area is 87.1 Å². The fraction of sp³-hybridized carbons (Fsp3) is 0.125. The van der Waals surface area contributed by atoms with Gasteiger partial charge >= 0.3 is 5.97 Å². The lowest BCUT2D eigenvalue weighted by molar-refractivity contribution is 0.0689. The van der Waals surface area contributed by atoms with E-state index in [-0.39, 0.29) is 10.2 Å². The molecule has 0 saturated carbocycles. The maximum atomic E-state index is 13.2. The molecule has 0 saturated heterocycles. The summed E-state index contributed by atoms with van der Waals surface area (Å²) in [5, 5.41) is 17.8. The Morgan fingerprint density at radius 3 is 2.64 bits per heavy atom. The first kappa shape index (κ1) is 10.8. The molecule has 1 aromatic rings. The van der Waals surface area contributed by atoms with Crippen LogP contribution in [0.25, 0.3) is 0 Å². The molecule has 1 rings (SSSR count). The lowest BCUT2D eigenvalue weighted by Crippen LogP contribution is -2.03. The van der Waals surface area contributed by atoms with Crippen LogP contribution < -0.4 is 4.74 Å². The van der Waals surface area contributed by atoms with Crippen molar-refractivity contribution in [1.29, 1.82) is 0 Å². The molecule has 0 heterocycles. The van der Waals surface area contributed by atoms with Gasteiger partial charge in [0.1, 0.15) is 5.56 Å². The minimum atomic E-state index is -1.47. The monoisotopic (exact) mass is 264 g/mol. The number of phenols is 1.